The van der Waals surface area contributed by atoms with Gasteiger partial charge in [0.1, 0.15) is 0 Å². The lowest BCUT2D eigenvalue weighted by Gasteiger charge is -2.25. The smallest absolute Gasteiger partial charge is 0.0553 e. The van der Waals surface area contributed by atoms with E-state index < -0.39 is 0 Å². The second-order valence-electron chi connectivity index (χ2n) is 4.09. The van der Waals surface area contributed by atoms with Crippen molar-refractivity contribution in [1.82, 2.24) is 0 Å². The number of aliphatic imine (C=N–C) groups is 1. The van der Waals surface area contributed by atoms with Crippen LogP contribution in [0.3, 0.4) is 0 Å². The van der Waals surface area contributed by atoms with E-state index in [4.69, 9.17) is 0 Å². The van der Waals surface area contributed by atoms with Gasteiger partial charge in [-0.15, -0.1) is 0 Å². The molecule has 2 unspecified atom stereocenters. The van der Waals surface area contributed by atoms with Crippen LogP contribution in [0.25, 0.3) is 0 Å². The minimum atomic E-state index is 0.400. The van der Waals surface area contributed by atoms with Crippen LogP contribution in [0, 0.1) is 11.8 Å². The van der Waals surface area contributed by atoms with Crippen molar-refractivity contribution >= 4 is 5.71 Å². The molecule has 0 saturated heterocycles. The van der Waals surface area contributed by atoms with Crippen molar-refractivity contribution in [3.63, 3.8) is 0 Å². The summed E-state index contributed by atoms with van der Waals surface area (Å²) in [5.74, 6) is 0.870. The van der Waals surface area contributed by atoms with Gasteiger partial charge in [0.15, 0.2) is 0 Å². The molecule has 2 aliphatic rings. The number of rotatable bonds is 1. The monoisotopic (exact) mass is 207 g/mol. The van der Waals surface area contributed by atoms with Gasteiger partial charge in [-0.2, -0.15) is 0 Å². The molecule has 0 N–H and O–H groups in total. The Morgan fingerprint density at radius 2 is 1.69 bits per heavy atom. The topological polar surface area (TPSA) is 12.4 Å². The van der Waals surface area contributed by atoms with Crippen molar-refractivity contribution in [3.8, 4) is 0 Å². The van der Waals surface area contributed by atoms with Gasteiger partial charge in [-0.25, -0.2) is 0 Å². The SMILES string of the molecule is C1=CC2C=CN=C(c3ccccc3)C2C=C1. The van der Waals surface area contributed by atoms with E-state index in [2.05, 4.69) is 59.6 Å². The van der Waals surface area contributed by atoms with E-state index in [0.717, 1.165) is 0 Å². The Kier molecular flexibility index (Phi) is 2.30. The van der Waals surface area contributed by atoms with Gasteiger partial charge in [-0.1, -0.05) is 60.7 Å². The van der Waals surface area contributed by atoms with Crippen molar-refractivity contribution in [3.05, 3.63) is 72.5 Å². The van der Waals surface area contributed by atoms with Crippen molar-refractivity contribution in [2.75, 3.05) is 0 Å². The predicted molar refractivity (Wildman–Crippen MR) is 67.4 cm³/mol. The Balaban J connectivity index is 2.02. The average molecular weight is 207 g/mol. The minimum Gasteiger partial charge on any atom is -0.260 e. The van der Waals surface area contributed by atoms with Gasteiger partial charge in [0.2, 0.25) is 0 Å². The lowest BCUT2D eigenvalue weighted by Crippen LogP contribution is -2.24. The number of allylic oxidation sites excluding steroid dienone is 5. The fraction of sp³-hybridized carbons (Fsp3) is 0.133. The maximum Gasteiger partial charge on any atom is 0.0553 e. The van der Waals surface area contributed by atoms with Crippen molar-refractivity contribution < 1.29 is 0 Å². The predicted octanol–water partition coefficient (Wildman–Crippen LogP) is 3.36. The molecule has 78 valence electrons. The van der Waals surface area contributed by atoms with Gasteiger partial charge in [0.25, 0.3) is 0 Å². The van der Waals surface area contributed by atoms with Crippen molar-refractivity contribution in [2.45, 2.75) is 0 Å². The van der Waals surface area contributed by atoms with Crippen LogP contribution in [0.15, 0.2) is 71.9 Å². The Morgan fingerprint density at radius 3 is 2.56 bits per heavy atom. The van der Waals surface area contributed by atoms with Gasteiger partial charge < -0.3 is 0 Å². The third kappa shape index (κ3) is 1.54. The van der Waals surface area contributed by atoms with Crippen LogP contribution in [0.1, 0.15) is 5.56 Å². The van der Waals surface area contributed by atoms with Crippen LogP contribution < -0.4 is 0 Å². The highest BCUT2D eigenvalue weighted by molar-refractivity contribution is 6.04. The van der Waals surface area contributed by atoms with Crippen LogP contribution in [-0.4, -0.2) is 5.71 Å². The molecule has 3 rings (SSSR count). The molecule has 1 aliphatic carbocycles. The van der Waals surface area contributed by atoms with Crippen molar-refractivity contribution in [2.24, 2.45) is 16.8 Å². The first-order valence-corrected chi connectivity index (χ1v) is 5.60. The zero-order valence-electron chi connectivity index (χ0n) is 8.95. The first kappa shape index (κ1) is 9.34. The van der Waals surface area contributed by atoms with E-state index >= 15 is 0 Å². The standard InChI is InChI=1S/C15H13N/c1-2-7-13(8-3-1)15-14-9-5-4-6-12(14)10-11-16-15/h1-12,14H. The summed E-state index contributed by atoms with van der Waals surface area (Å²) in [6, 6.07) is 10.4. The summed E-state index contributed by atoms with van der Waals surface area (Å²) in [5.41, 5.74) is 2.40. The quantitative estimate of drug-likeness (QED) is 0.669. The Labute approximate surface area is 95.5 Å². The molecule has 0 bridgehead atoms. The van der Waals surface area contributed by atoms with E-state index in [-0.39, 0.29) is 0 Å². The van der Waals surface area contributed by atoms with Crippen molar-refractivity contribution in [1.29, 1.82) is 0 Å². The van der Waals surface area contributed by atoms with Gasteiger partial charge in [-0.3, -0.25) is 4.99 Å². The summed E-state index contributed by atoms with van der Waals surface area (Å²) in [7, 11) is 0. The summed E-state index contributed by atoms with van der Waals surface area (Å²) in [4.78, 5) is 4.54. The highest BCUT2D eigenvalue weighted by atomic mass is 14.7. The Morgan fingerprint density at radius 1 is 0.875 bits per heavy atom. The molecule has 1 aliphatic heterocycles. The number of benzene rings is 1. The second-order valence-corrected chi connectivity index (χ2v) is 4.09. The van der Waals surface area contributed by atoms with Crippen LogP contribution in [0.4, 0.5) is 0 Å². The summed E-state index contributed by atoms with van der Waals surface area (Å²) in [5, 5.41) is 0. The third-order valence-electron chi connectivity index (χ3n) is 3.08. The zero-order chi connectivity index (χ0) is 10.8. The normalized spacial score (nSPS) is 26.4. The largest absolute Gasteiger partial charge is 0.260 e. The molecule has 0 aromatic heterocycles. The summed E-state index contributed by atoms with van der Waals surface area (Å²) < 4.78 is 0. The number of fused-ring (bicyclic) bond motifs is 1. The van der Waals surface area contributed by atoms with Crippen LogP contribution in [0.2, 0.25) is 0 Å². The molecular formula is C15H13N. The summed E-state index contributed by atoms with van der Waals surface area (Å²) in [6.45, 7) is 0. The molecule has 1 nitrogen and oxygen atoms in total. The van der Waals surface area contributed by atoms with Gasteiger partial charge in [0, 0.05) is 18.0 Å². The van der Waals surface area contributed by atoms with Gasteiger partial charge >= 0.3 is 0 Å². The fourth-order valence-corrected chi connectivity index (χ4v) is 2.27. The molecule has 1 aromatic carbocycles. The van der Waals surface area contributed by atoms with E-state index in [1.807, 2.05) is 12.3 Å². The summed E-state index contributed by atoms with van der Waals surface area (Å²) in [6.07, 6.45) is 12.8. The van der Waals surface area contributed by atoms with Gasteiger partial charge in [0.05, 0.1) is 5.71 Å². The molecule has 0 amide bonds. The molecule has 1 heteroatoms. The first-order valence-electron chi connectivity index (χ1n) is 5.60. The van der Waals surface area contributed by atoms with E-state index in [9.17, 15) is 0 Å². The minimum absolute atomic E-state index is 0.400. The Hall–Kier alpha value is -1.89. The van der Waals surface area contributed by atoms with Crippen LogP contribution >= 0.6 is 0 Å². The number of hydrogen-bond donors (Lipinski definition) is 0. The molecule has 0 spiro atoms. The molecule has 0 saturated carbocycles. The second kappa shape index (κ2) is 3.93. The molecule has 2 atom stereocenters. The first-order chi connectivity index (χ1) is 7.95. The number of nitrogens with zero attached hydrogens (tertiary/aromatic N) is 1. The number of hydrogen-bond acceptors (Lipinski definition) is 1. The van der Waals surface area contributed by atoms with Crippen LogP contribution in [0.5, 0.6) is 0 Å². The van der Waals surface area contributed by atoms with Gasteiger partial charge in [-0.05, 0) is 5.56 Å². The molecule has 1 heterocycles. The Bertz CT molecular complexity index is 491. The highest BCUT2D eigenvalue weighted by Crippen LogP contribution is 2.28. The van der Waals surface area contributed by atoms with E-state index in [0.29, 0.717) is 11.8 Å². The molecular weight excluding hydrogens is 194 g/mol. The fourth-order valence-electron chi connectivity index (χ4n) is 2.27. The maximum atomic E-state index is 4.54. The zero-order valence-corrected chi connectivity index (χ0v) is 8.95. The molecule has 0 radical (unpaired) electrons. The van der Waals surface area contributed by atoms with E-state index in [1.165, 1.54) is 11.3 Å². The lowest BCUT2D eigenvalue weighted by molar-refractivity contribution is 0.691. The summed E-state index contributed by atoms with van der Waals surface area (Å²) >= 11 is 0. The molecule has 1 aromatic rings. The molecule has 0 fully saturated rings. The maximum absolute atomic E-state index is 4.54. The lowest BCUT2D eigenvalue weighted by atomic mass is 9.81. The average Bonchev–Trinajstić information content (AvgIpc) is 2.39. The highest BCUT2D eigenvalue weighted by Gasteiger charge is 2.24. The molecule has 16 heavy (non-hydrogen) atoms. The van der Waals surface area contributed by atoms with E-state index in [1.54, 1.807) is 0 Å². The van der Waals surface area contributed by atoms with Crippen LogP contribution in [-0.2, 0) is 0 Å². The third-order valence-corrected chi connectivity index (χ3v) is 3.08.